The van der Waals surface area contributed by atoms with E-state index in [1.807, 2.05) is 16.8 Å². The SMILES string of the molecule is NS(=O)(=O)c1cc(C(=O)OCc2noc(-c3ccsc3)n2)cs1. The van der Waals surface area contributed by atoms with Gasteiger partial charge in [0.1, 0.15) is 4.21 Å². The van der Waals surface area contributed by atoms with E-state index in [0.29, 0.717) is 5.89 Å². The molecule has 11 heteroatoms. The van der Waals surface area contributed by atoms with E-state index in [2.05, 4.69) is 10.1 Å². The van der Waals surface area contributed by atoms with Crippen LogP contribution in [0.25, 0.3) is 11.5 Å². The molecule has 3 rings (SSSR count). The third-order valence-electron chi connectivity index (χ3n) is 2.66. The summed E-state index contributed by atoms with van der Waals surface area (Å²) in [5, 5.41) is 13.8. The van der Waals surface area contributed by atoms with E-state index in [9.17, 15) is 13.2 Å². The molecule has 0 saturated carbocycles. The van der Waals surface area contributed by atoms with Crippen LogP contribution in [0.3, 0.4) is 0 Å². The Bertz CT molecular complexity index is 927. The Kier molecular flexibility index (Phi) is 4.26. The molecule has 0 aliphatic rings. The maximum absolute atomic E-state index is 11.9. The van der Waals surface area contributed by atoms with E-state index in [1.165, 1.54) is 16.7 Å². The Balaban J connectivity index is 1.64. The van der Waals surface area contributed by atoms with Gasteiger partial charge in [-0.2, -0.15) is 16.3 Å². The van der Waals surface area contributed by atoms with E-state index in [0.717, 1.165) is 23.0 Å². The summed E-state index contributed by atoms with van der Waals surface area (Å²) in [7, 11) is -3.83. The average molecular weight is 371 g/mol. The van der Waals surface area contributed by atoms with Gasteiger partial charge in [0.15, 0.2) is 6.61 Å². The lowest BCUT2D eigenvalue weighted by atomic mass is 10.3. The number of carbonyl (C=O) groups is 1. The molecule has 3 heterocycles. The highest BCUT2D eigenvalue weighted by Crippen LogP contribution is 2.21. The largest absolute Gasteiger partial charge is 0.454 e. The normalized spacial score (nSPS) is 11.5. The predicted octanol–water partition coefficient (Wildman–Crippen LogP) is 1.86. The van der Waals surface area contributed by atoms with Gasteiger partial charge in [-0.1, -0.05) is 5.16 Å². The summed E-state index contributed by atoms with van der Waals surface area (Å²) in [6.45, 7) is -0.187. The zero-order valence-electron chi connectivity index (χ0n) is 11.3. The van der Waals surface area contributed by atoms with Crippen LogP contribution >= 0.6 is 22.7 Å². The van der Waals surface area contributed by atoms with Crippen molar-refractivity contribution in [3.63, 3.8) is 0 Å². The molecule has 0 aliphatic heterocycles. The highest BCUT2D eigenvalue weighted by Gasteiger charge is 2.17. The van der Waals surface area contributed by atoms with Crippen LogP contribution in [0.2, 0.25) is 0 Å². The van der Waals surface area contributed by atoms with Crippen molar-refractivity contribution in [1.82, 2.24) is 10.1 Å². The molecule has 0 unspecified atom stereocenters. The molecular formula is C12H9N3O5S3. The first-order valence-electron chi connectivity index (χ1n) is 6.07. The van der Waals surface area contributed by atoms with Crippen LogP contribution in [0.5, 0.6) is 0 Å². The number of aromatic nitrogens is 2. The Morgan fingerprint density at radius 3 is 2.87 bits per heavy atom. The minimum Gasteiger partial charge on any atom is -0.454 e. The number of sulfonamides is 1. The molecule has 8 nitrogen and oxygen atoms in total. The lowest BCUT2D eigenvalue weighted by Gasteiger charge is -1.98. The van der Waals surface area contributed by atoms with Crippen molar-refractivity contribution in [1.29, 1.82) is 0 Å². The van der Waals surface area contributed by atoms with Crippen LogP contribution in [0, 0.1) is 0 Å². The number of ether oxygens (including phenoxy) is 1. The first-order valence-corrected chi connectivity index (χ1v) is 9.44. The fraction of sp³-hybridized carbons (Fsp3) is 0.0833. The monoisotopic (exact) mass is 371 g/mol. The first-order chi connectivity index (χ1) is 10.9. The summed E-state index contributed by atoms with van der Waals surface area (Å²) >= 11 is 2.34. The van der Waals surface area contributed by atoms with Crippen molar-refractivity contribution in [3.8, 4) is 11.5 Å². The predicted molar refractivity (Wildman–Crippen MR) is 82.4 cm³/mol. The van der Waals surface area contributed by atoms with Gasteiger partial charge in [0.2, 0.25) is 15.8 Å². The summed E-state index contributed by atoms with van der Waals surface area (Å²) in [6, 6.07) is 2.99. The number of nitrogens with two attached hydrogens (primary N) is 1. The quantitative estimate of drug-likeness (QED) is 0.678. The number of hydrogen-bond acceptors (Lipinski definition) is 9. The molecule has 3 aromatic rings. The molecule has 0 aromatic carbocycles. The molecule has 23 heavy (non-hydrogen) atoms. The van der Waals surface area contributed by atoms with Gasteiger partial charge in [-0.15, -0.1) is 11.3 Å². The second-order valence-electron chi connectivity index (χ2n) is 4.30. The van der Waals surface area contributed by atoms with Crippen LogP contribution in [0.4, 0.5) is 0 Å². The maximum Gasteiger partial charge on any atom is 0.339 e. The second-order valence-corrected chi connectivity index (χ2v) is 7.78. The second kappa shape index (κ2) is 6.20. The summed E-state index contributed by atoms with van der Waals surface area (Å²) in [5.74, 6) is -0.149. The summed E-state index contributed by atoms with van der Waals surface area (Å²) in [6.07, 6.45) is 0. The fourth-order valence-corrected chi connectivity index (χ4v) is 3.81. The van der Waals surface area contributed by atoms with Crippen molar-refractivity contribution in [2.75, 3.05) is 0 Å². The van der Waals surface area contributed by atoms with Gasteiger partial charge in [0.05, 0.1) is 11.1 Å². The Labute approximate surface area is 138 Å². The number of nitrogens with zero attached hydrogens (tertiary/aromatic N) is 2. The van der Waals surface area contributed by atoms with Gasteiger partial charge >= 0.3 is 5.97 Å². The van der Waals surface area contributed by atoms with Crippen LogP contribution in [0.1, 0.15) is 16.2 Å². The smallest absolute Gasteiger partial charge is 0.339 e. The number of thiophene rings is 2. The van der Waals surface area contributed by atoms with Crippen LogP contribution in [-0.2, 0) is 21.4 Å². The number of hydrogen-bond donors (Lipinski definition) is 1. The molecule has 3 aromatic heterocycles. The van der Waals surface area contributed by atoms with E-state index >= 15 is 0 Å². The van der Waals surface area contributed by atoms with Crippen molar-refractivity contribution >= 4 is 38.7 Å². The van der Waals surface area contributed by atoms with E-state index in [-0.39, 0.29) is 22.2 Å². The molecule has 0 atom stereocenters. The van der Waals surface area contributed by atoms with Crippen LogP contribution < -0.4 is 5.14 Å². The molecule has 0 radical (unpaired) electrons. The third kappa shape index (κ3) is 3.64. The maximum atomic E-state index is 11.9. The molecule has 120 valence electrons. The Morgan fingerprint density at radius 2 is 2.22 bits per heavy atom. The Morgan fingerprint density at radius 1 is 1.39 bits per heavy atom. The molecule has 2 N–H and O–H groups in total. The van der Waals surface area contributed by atoms with Crippen molar-refractivity contribution < 1.29 is 22.5 Å². The standard InChI is InChI=1S/C12H9N3O5S3/c13-23(17,18)10-3-8(6-22-10)12(16)19-4-9-14-11(20-15-9)7-1-2-21-5-7/h1-3,5-6H,4H2,(H2,13,17,18). The van der Waals surface area contributed by atoms with Gasteiger partial charge in [-0.3, -0.25) is 0 Å². The first kappa shape index (κ1) is 15.8. The van der Waals surface area contributed by atoms with E-state index in [1.54, 1.807) is 0 Å². The van der Waals surface area contributed by atoms with Gasteiger partial charge in [-0.25, -0.2) is 18.4 Å². The lowest BCUT2D eigenvalue weighted by molar-refractivity contribution is 0.0460. The molecule has 0 amide bonds. The van der Waals surface area contributed by atoms with E-state index in [4.69, 9.17) is 14.4 Å². The van der Waals surface area contributed by atoms with E-state index < -0.39 is 16.0 Å². The highest BCUT2D eigenvalue weighted by molar-refractivity contribution is 7.91. The minimum atomic E-state index is -3.83. The third-order valence-corrected chi connectivity index (χ3v) is 5.73. The molecule has 0 bridgehead atoms. The lowest BCUT2D eigenvalue weighted by Crippen LogP contribution is -2.10. The zero-order valence-corrected chi connectivity index (χ0v) is 13.8. The number of primary sulfonamides is 1. The summed E-state index contributed by atoms with van der Waals surface area (Å²) in [5.41, 5.74) is 0.885. The topological polar surface area (TPSA) is 125 Å². The van der Waals surface area contributed by atoms with Crippen LogP contribution in [-0.4, -0.2) is 24.5 Å². The molecule has 0 fully saturated rings. The summed E-state index contributed by atoms with van der Waals surface area (Å²) < 4.78 is 32.3. The van der Waals surface area contributed by atoms with Gasteiger partial charge < -0.3 is 9.26 Å². The molecule has 0 spiro atoms. The molecule has 0 saturated heterocycles. The summed E-state index contributed by atoms with van der Waals surface area (Å²) in [4.78, 5) is 16.0. The number of esters is 1. The fourth-order valence-electron chi connectivity index (χ4n) is 1.60. The van der Waals surface area contributed by atoms with Gasteiger partial charge in [0, 0.05) is 10.8 Å². The number of rotatable bonds is 5. The molecular weight excluding hydrogens is 362 g/mol. The van der Waals surface area contributed by atoms with Crippen LogP contribution in [0.15, 0.2) is 37.0 Å². The zero-order chi connectivity index (χ0) is 16.4. The molecule has 0 aliphatic carbocycles. The van der Waals surface area contributed by atoms with Gasteiger partial charge in [0.25, 0.3) is 5.89 Å². The van der Waals surface area contributed by atoms with Crippen molar-refractivity contribution in [2.24, 2.45) is 5.14 Å². The minimum absolute atomic E-state index is 0.0978. The Hall–Kier alpha value is -2.08. The van der Waals surface area contributed by atoms with Crippen molar-refractivity contribution in [2.45, 2.75) is 10.8 Å². The van der Waals surface area contributed by atoms with Crippen molar-refractivity contribution in [3.05, 3.63) is 39.7 Å². The number of carbonyl (C=O) groups excluding carboxylic acids is 1. The highest BCUT2D eigenvalue weighted by atomic mass is 32.2. The average Bonchev–Trinajstić information content (AvgIpc) is 3.22. The van der Waals surface area contributed by atoms with Gasteiger partial charge in [-0.05, 0) is 17.5 Å².